The van der Waals surface area contributed by atoms with Crippen LogP contribution in [0, 0.1) is 6.92 Å². The molecule has 1 aromatic rings. The maximum atomic E-state index is 11.0. The van der Waals surface area contributed by atoms with Crippen molar-refractivity contribution in [3.8, 4) is 0 Å². The molecule has 1 aromatic carbocycles. The third-order valence-electron chi connectivity index (χ3n) is 4.75. The van der Waals surface area contributed by atoms with Gasteiger partial charge in [-0.2, -0.15) is 0 Å². The van der Waals surface area contributed by atoms with Crippen molar-refractivity contribution in [2.45, 2.75) is 38.6 Å². The summed E-state index contributed by atoms with van der Waals surface area (Å²) in [6, 6.07) is 9.06. The van der Waals surface area contributed by atoms with Gasteiger partial charge in [0.05, 0.1) is 6.54 Å². The molecule has 138 valence electrons. The van der Waals surface area contributed by atoms with E-state index in [-0.39, 0.29) is 5.91 Å². The molecule has 0 bridgehead atoms. The first kappa shape index (κ1) is 19.2. The van der Waals surface area contributed by atoms with Crippen LogP contribution in [-0.2, 0) is 4.79 Å². The number of nitrogens with two attached hydrogens (primary N) is 1. The maximum Gasteiger partial charge on any atom is 0.231 e. The number of amides is 1. The van der Waals surface area contributed by atoms with E-state index in [1.165, 1.54) is 11.1 Å². The first-order chi connectivity index (χ1) is 12.0. The molecule has 1 saturated heterocycles. The standard InChI is InChI=1S/C19H31N5O/c1-14-4-6-16(7-5-14)15(2)12-22-19(21-3)23-17-8-10-24(11-9-17)13-18(20)25/h4-7,15,17H,8-13H2,1-3H3,(H2,20,25)(H2,21,22,23). The lowest BCUT2D eigenvalue weighted by Crippen LogP contribution is -2.50. The number of aryl methyl sites for hydroxylation is 1. The molecule has 2 rings (SSSR count). The molecule has 6 nitrogen and oxygen atoms in total. The third kappa shape index (κ3) is 6.38. The van der Waals surface area contributed by atoms with E-state index in [0.717, 1.165) is 38.4 Å². The minimum Gasteiger partial charge on any atom is -0.369 e. The van der Waals surface area contributed by atoms with E-state index in [9.17, 15) is 4.79 Å². The maximum absolute atomic E-state index is 11.0. The summed E-state index contributed by atoms with van der Waals surface area (Å²) in [7, 11) is 1.80. The number of nitrogens with zero attached hydrogens (tertiary/aromatic N) is 2. The highest BCUT2D eigenvalue weighted by molar-refractivity contribution is 5.80. The molecule has 1 unspecified atom stereocenters. The van der Waals surface area contributed by atoms with E-state index in [1.807, 2.05) is 0 Å². The van der Waals surface area contributed by atoms with Crippen molar-refractivity contribution in [2.24, 2.45) is 10.7 Å². The number of primary amides is 1. The molecular weight excluding hydrogens is 314 g/mol. The summed E-state index contributed by atoms with van der Waals surface area (Å²) in [5, 5.41) is 6.92. The number of rotatable bonds is 6. The van der Waals surface area contributed by atoms with Gasteiger partial charge in [0, 0.05) is 32.7 Å². The molecule has 1 atom stereocenters. The number of nitrogens with one attached hydrogen (secondary N) is 2. The highest BCUT2D eigenvalue weighted by atomic mass is 16.1. The Balaban J connectivity index is 1.75. The lowest BCUT2D eigenvalue weighted by atomic mass is 10.00. The molecule has 4 N–H and O–H groups in total. The number of hydrogen-bond acceptors (Lipinski definition) is 3. The fourth-order valence-corrected chi connectivity index (χ4v) is 3.11. The van der Waals surface area contributed by atoms with E-state index in [0.29, 0.717) is 18.5 Å². The van der Waals surface area contributed by atoms with Crippen molar-refractivity contribution < 1.29 is 4.79 Å². The molecule has 1 aliphatic rings. The van der Waals surface area contributed by atoms with Crippen LogP contribution in [0.15, 0.2) is 29.3 Å². The number of piperidine rings is 1. The van der Waals surface area contributed by atoms with E-state index in [4.69, 9.17) is 5.73 Å². The van der Waals surface area contributed by atoms with Crippen molar-refractivity contribution in [1.29, 1.82) is 0 Å². The third-order valence-corrected chi connectivity index (χ3v) is 4.75. The molecule has 6 heteroatoms. The van der Waals surface area contributed by atoms with Crippen LogP contribution in [0.3, 0.4) is 0 Å². The van der Waals surface area contributed by atoms with Crippen LogP contribution in [0.25, 0.3) is 0 Å². The van der Waals surface area contributed by atoms with E-state index in [1.54, 1.807) is 7.05 Å². The Bertz CT molecular complexity index is 576. The smallest absolute Gasteiger partial charge is 0.231 e. The van der Waals surface area contributed by atoms with Crippen LogP contribution in [0.2, 0.25) is 0 Å². The zero-order valence-electron chi connectivity index (χ0n) is 15.6. The molecule has 0 spiro atoms. The van der Waals surface area contributed by atoms with Gasteiger partial charge in [0.25, 0.3) is 0 Å². The number of guanidine groups is 1. The number of carbonyl (C=O) groups excluding carboxylic acids is 1. The molecule has 0 aliphatic carbocycles. The first-order valence-electron chi connectivity index (χ1n) is 9.02. The van der Waals surface area contributed by atoms with Crippen molar-refractivity contribution in [3.63, 3.8) is 0 Å². The molecule has 0 radical (unpaired) electrons. The monoisotopic (exact) mass is 345 g/mol. The van der Waals surface area contributed by atoms with Gasteiger partial charge in [-0.25, -0.2) is 0 Å². The molecule has 1 aliphatic heterocycles. The largest absolute Gasteiger partial charge is 0.369 e. The molecule has 0 aromatic heterocycles. The minimum atomic E-state index is -0.256. The van der Waals surface area contributed by atoms with Gasteiger partial charge in [-0.3, -0.25) is 14.7 Å². The SMILES string of the molecule is CN=C(NCC(C)c1ccc(C)cc1)NC1CCN(CC(N)=O)CC1. The van der Waals surface area contributed by atoms with Gasteiger partial charge in [0.1, 0.15) is 0 Å². The minimum absolute atomic E-state index is 0.256. The fraction of sp³-hybridized carbons (Fsp3) is 0.579. The second-order valence-electron chi connectivity index (χ2n) is 6.93. The van der Waals surface area contributed by atoms with E-state index < -0.39 is 0 Å². The van der Waals surface area contributed by atoms with Gasteiger partial charge in [0.2, 0.25) is 5.91 Å². The van der Waals surface area contributed by atoms with Gasteiger partial charge in [0.15, 0.2) is 5.96 Å². The Morgan fingerprint density at radius 2 is 1.96 bits per heavy atom. The van der Waals surface area contributed by atoms with Crippen LogP contribution in [0.1, 0.15) is 36.8 Å². The highest BCUT2D eigenvalue weighted by Gasteiger charge is 2.20. The topological polar surface area (TPSA) is 82.8 Å². The number of carbonyl (C=O) groups is 1. The molecule has 0 saturated carbocycles. The average molecular weight is 345 g/mol. The van der Waals surface area contributed by atoms with Crippen LogP contribution >= 0.6 is 0 Å². The van der Waals surface area contributed by atoms with E-state index >= 15 is 0 Å². The summed E-state index contributed by atoms with van der Waals surface area (Å²) in [6.45, 7) is 7.28. The van der Waals surface area contributed by atoms with Crippen LogP contribution < -0.4 is 16.4 Å². The predicted molar refractivity (Wildman–Crippen MR) is 103 cm³/mol. The molecule has 1 heterocycles. The number of benzene rings is 1. The first-order valence-corrected chi connectivity index (χ1v) is 9.02. The second kappa shape index (κ2) is 9.42. The fourth-order valence-electron chi connectivity index (χ4n) is 3.11. The van der Waals surface area contributed by atoms with Crippen molar-refractivity contribution in [1.82, 2.24) is 15.5 Å². The van der Waals surface area contributed by atoms with Crippen molar-refractivity contribution in [2.75, 3.05) is 33.2 Å². The zero-order valence-corrected chi connectivity index (χ0v) is 15.6. The molecule has 1 amide bonds. The Hall–Kier alpha value is -2.08. The van der Waals surface area contributed by atoms with Crippen LogP contribution in [-0.4, -0.2) is 56.0 Å². The molecular formula is C19H31N5O. The Morgan fingerprint density at radius 1 is 1.32 bits per heavy atom. The van der Waals surface area contributed by atoms with Gasteiger partial charge >= 0.3 is 0 Å². The lowest BCUT2D eigenvalue weighted by Gasteiger charge is -2.32. The zero-order chi connectivity index (χ0) is 18.2. The van der Waals surface area contributed by atoms with E-state index in [2.05, 4.69) is 58.6 Å². The molecule has 25 heavy (non-hydrogen) atoms. The Morgan fingerprint density at radius 3 is 2.52 bits per heavy atom. The summed E-state index contributed by atoms with van der Waals surface area (Å²) >= 11 is 0. The summed E-state index contributed by atoms with van der Waals surface area (Å²) in [4.78, 5) is 17.4. The normalized spacial score (nSPS) is 18.0. The highest BCUT2D eigenvalue weighted by Crippen LogP contribution is 2.15. The number of hydrogen-bond donors (Lipinski definition) is 3. The Kier molecular flexibility index (Phi) is 7.25. The van der Waals surface area contributed by atoms with Crippen LogP contribution in [0.5, 0.6) is 0 Å². The van der Waals surface area contributed by atoms with Crippen molar-refractivity contribution >= 4 is 11.9 Å². The second-order valence-corrected chi connectivity index (χ2v) is 6.93. The summed E-state index contributed by atoms with van der Waals surface area (Å²) in [5.74, 6) is 0.998. The average Bonchev–Trinajstić information content (AvgIpc) is 2.60. The predicted octanol–water partition coefficient (Wildman–Crippen LogP) is 1.21. The van der Waals surface area contributed by atoms with Crippen molar-refractivity contribution in [3.05, 3.63) is 35.4 Å². The molecule has 1 fully saturated rings. The Labute approximate surface area is 150 Å². The van der Waals surface area contributed by atoms with Gasteiger partial charge in [-0.15, -0.1) is 0 Å². The number of aliphatic imine (C=N–C) groups is 1. The lowest BCUT2D eigenvalue weighted by molar-refractivity contribution is -0.119. The van der Waals surface area contributed by atoms with Gasteiger partial charge in [-0.05, 0) is 31.2 Å². The summed E-state index contributed by atoms with van der Waals surface area (Å²) in [5.41, 5.74) is 7.87. The quantitative estimate of drug-likeness (QED) is 0.535. The van der Waals surface area contributed by atoms with Crippen LogP contribution in [0.4, 0.5) is 0 Å². The summed E-state index contributed by atoms with van der Waals surface area (Å²) in [6.07, 6.45) is 1.98. The number of likely N-dealkylation sites (tertiary alicyclic amines) is 1. The van der Waals surface area contributed by atoms with Gasteiger partial charge in [-0.1, -0.05) is 36.8 Å². The van der Waals surface area contributed by atoms with Gasteiger partial charge < -0.3 is 16.4 Å². The summed E-state index contributed by atoms with van der Waals surface area (Å²) < 4.78 is 0.